The lowest BCUT2D eigenvalue weighted by Gasteiger charge is -2.08. The number of anilines is 1. The van der Waals surface area contributed by atoms with Crippen molar-refractivity contribution in [3.05, 3.63) is 88.2 Å². The van der Waals surface area contributed by atoms with Gasteiger partial charge in [-0.25, -0.2) is 4.79 Å². The van der Waals surface area contributed by atoms with E-state index >= 15 is 0 Å². The number of imide groups is 1. The van der Waals surface area contributed by atoms with Crippen LogP contribution in [0, 0.1) is 10.1 Å². The van der Waals surface area contributed by atoms with Gasteiger partial charge in [0, 0.05) is 34.8 Å². The van der Waals surface area contributed by atoms with Crippen molar-refractivity contribution < 1.29 is 19.3 Å². The maximum absolute atomic E-state index is 12.2. The predicted molar refractivity (Wildman–Crippen MR) is 118 cm³/mol. The van der Waals surface area contributed by atoms with Crippen LogP contribution in [0.4, 0.5) is 16.2 Å². The highest BCUT2D eigenvalue weighted by Gasteiger charge is 2.20. The van der Waals surface area contributed by atoms with Gasteiger partial charge in [-0.2, -0.15) is 0 Å². The van der Waals surface area contributed by atoms with Crippen molar-refractivity contribution in [2.45, 2.75) is 9.79 Å². The van der Waals surface area contributed by atoms with Crippen molar-refractivity contribution in [3.63, 3.8) is 0 Å². The zero-order valence-corrected chi connectivity index (χ0v) is 17.5. The summed E-state index contributed by atoms with van der Waals surface area (Å²) in [7, 11) is 1.53. The Morgan fingerprint density at radius 1 is 0.969 bits per heavy atom. The molecule has 0 bridgehead atoms. The van der Waals surface area contributed by atoms with Gasteiger partial charge < -0.3 is 10.6 Å². The second-order valence-electron chi connectivity index (χ2n) is 6.26. The van der Waals surface area contributed by atoms with Gasteiger partial charge in [-0.05, 0) is 42.5 Å². The average Bonchev–Trinajstić information content (AvgIpc) is 2.80. The van der Waals surface area contributed by atoms with Gasteiger partial charge in [0.25, 0.3) is 17.5 Å². The summed E-state index contributed by atoms with van der Waals surface area (Å²) in [6.07, 6.45) is 1.54. The molecule has 0 aliphatic carbocycles. The van der Waals surface area contributed by atoms with Gasteiger partial charge in [-0.15, -0.1) is 0 Å². The van der Waals surface area contributed by atoms with Crippen LogP contribution in [0.25, 0.3) is 0 Å². The molecule has 0 aliphatic rings. The smallest absolute Gasteiger partial charge is 0.326 e. The minimum Gasteiger partial charge on any atom is -0.354 e. The molecule has 0 saturated heterocycles. The van der Waals surface area contributed by atoms with Crippen LogP contribution in [0.3, 0.4) is 0 Å². The van der Waals surface area contributed by atoms with Crippen LogP contribution >= 0.6 is 11.8 Å². The quantitative estimate of drug-likeness (QED) is 0.385. The van der Waals surface area contributed by atoms with Crippen LogP contribution in [0.15, 0.2) is 76.7 Å². The van der Waals surface area contributed by atoms with E-state index in [1.807, 2.05) is 0 Å². The van der Waals surface area contributed by atoms with Crippen LogP contribution in [0.1, 0.15) is 20.8 Å². The third-order valence-electron chi connectivity index (χ3n) is 4.11. The topological polar surface area (TPSA) is 143 Å². The SMILES string of the molecule is CNC(=O)c1cc(Sc2ccc(NC(=O)NC(=O)c3ccccc3[N+](=O)[O-])cc2)ccn1. The number of nitro benzene ring substituents is 1. The Labute approximate surface area is 186 Å². The van der Waals surface area contributed by atoms with Gasteiger partial charge in [0.15, 0.2) is 0 Å². The predicted octanol–water partition coefficient (Wildman–Crippen LogP) is 3.46. The first-order valence-electron chi connectivity index (χ1n) is 9.19. The molecule has 10 nitrogen and oxygen atoms in total. The molecule has 0 fully saturated rings. The summed E-state index contributed by atoms with van der Waals surface area (Å²) in [4.78, 5) is 52.0. The molecule has 0 atom stereocenters. The van der Waals surface area contributed by atoms with Gasteiger partial charge >= 0.3 is 6.03 Å². The molecule has 0 spiro atoms. The first kappa shape index (κ1) is 22.4. The van der Waals surface area contributed by atoms with Crippen molar-refractivity contribution >= 4 is 41.0 Å². The number of hydrogen-bond acceptors (Lipinski definition) is 7. The van der Waals surface area contributed by atoms with Crippen LogP contribution in [0.5, 0.6) is 0 Å². The van der Waals surface area contributed by atoms with E-state index in [1.165, 1.54) is 43.1 Å². The molecule has 3 aromatic rings. The number of carbonyl (C=O) groups excluding carboxylic acids is 3. The number of urea groups is 1. The zero-order chi connectivity index (χ0) is 23.1. The highest BCUT2D eigenvalue weighted by molar-refractivity contribution is 7.99. The van der Waals surface area contributed by atoms with E-state index in [9.17, 15) is 24.5 Å². The summed E-state index contributed by atoms with van der Waals surface area (Å²) in [5.74, 6) is -1.17. The number of carbonyl (C=O) groups is 3. The van der Waals surface area contributed by atoms with Gasteiger partial charge in [0.1, 0.15) is 11.3 Å². The number of nitrogens with zero attached hydrogens (tertiary/aromatic N) is 2. The van der Waals surface area contributed by atoms with Gasteiger partial charge in [-0.3, -0.25) is 30.0 Å². The zero-order valence-electron chi connectivity index (χ0n) is 16.7. The van der Waals surface area contributed by atoms with E-state index in [4.69, 9.17) is 0 Å². The minimum absolute atomic E-state index is 0.215. The Kier molecular flexibility index (Phi) is 7.13. The molecule has 0 aliphatic heterocycles. The number of nitro groups is 1. The molecule has 0 saturated carbocycles. The lowest BCUT2D eigenvalue weighted by atomic mass is 10.1. The van der Waals surface area contributed by atoms with E-state index in [-0.39, 0.29) is 11.5 Å². The number of hydrogen-bond donors (Lipinski definition) is 3. The Balaban J connectivity index is 1.61. The number of nitrogens with one attached hydrogen (secondary N) is 3. The summed E-state index contributed by atoms with van der Waals surface area (Å²) < 4.78 is 0. The summed E-state index contributed by atoms with van der Waals surface area (Å²) in [6.45, 7) is 0. The van der Waals surface area contributed by atoms with Crippen LogP contribution in [-0.2, 0) is 0 Å². The minimum atomic E-state index is -0.883. The molecular formula is C21H17N5O5S. The second-order valence-corrected chi connectivity index (χ2v) is 7.41. The van der Waals surface area contributed by atoms with Gasteiger partial charge in [0.05, 0.1) is 4.92 Å². The summed E-state index contributed by atoms with van der Waals surface area (Å²) >= 11 is 1.40. The fourth-order valence-corrected chi connectivity index (χ4v) is 3.47. The molecule has 1 aromatic heterocycles. The maximum Gasteiger partial charge on any atom is 0.326 e. The van der Waals surface area contributed by atoms with E-state index in [0.29, 0.717) is 11.4 Å². The van der Waals surface area contributed by atoms with E-state index in [1.54, 1.807) is 42.6 Å². The molecule has 3 rings (SSSR count). The van der Waals surface area contributed by atoms with Gasteiger partial charge in [-0.1, -0.05) is 23.9 Å². The molecule has 11 heteroatoms. The summed E-state index contributed by atoms with van der Waals surface area (Å²) in [5, 5.41) is 18.1. The van der Waals surface area contributed by atoms with Crippen LogP contribution in [0.2, 0.25) is 0 Å². The van der Waals surface area contributed by atoms with Crippen LogP contribution < -0.4 is 16.0 Å². The van der Waals surface area contributed by atoms with Gasteiger partial charge in [0.2, 0.25) is 0 Å². The number of rotatable bonds is 6. The Bertz CT molecular complexity index is 1180. The van der Waals surface area contributed by atoms with Crippen molar-refractivity contribution in [1.82, 2.24) is 15.6 Å². The fourth-order valence-electron chi connectivity index (χ4n) is 2.63. The van der Waals surface area contributed by atoms with Crippen molar-refractivity contribution in [3.8, 4) is 0 Å². The highest BCUT2D eigenvalue weighted by atomic mass is 32.2. The average molecular weight is 451 g/mol. The van der Waals surface area contributed by atoms with Crippen LogP contribution in [-0.4, -0.2) is 34.8 Å². The molecule has 3 N–H and O–H groups in total. The number of aromatic nitrogens is 1. The molecule has 2 aromatic carbocycles. The van der Waals surface area contributed by atoms with E-state index in [2.05, 4.69) is 20.9 Å². The monoisotopic (exact) mass is 451 g/mol. The van der Waals surface area contributed by atoms with Crippen molar-refractivity contribution in [1.29, 1.82) is 0 Å². The largest absolute Gasteiger partial charge is 0.354 e. The third kappa shape index (κ3) is 5.67. The molecule has 162 valence electrons. The second kappa shape index (κ2) is 10.2. The number of amides is 4. The van der Waals surface area contributed by atoms with E-state index < -0.39 is 22.5 Å². The number of para-hydroxylation sites is 1. The number of benzene rings is 2. The molecular weight excluding hydrogens is 434 g/mol. The highest BCUT2D eigenvalue weighted by Crippen LogP contribution is 2.28. The lowest BCUT2D eigenvalue weighted by molar-refractivity contribution is -0.385. The van der Waals surface area contributed by atoms with Crippen molar-refractivity contribution in [2.75, 3.05) is 12.4 Å². The first-order chi connectivity index (χ1) is 15.4. The third-order valence-corrected chi connectivity index (χ3v) is 5.11. The molecule has 0 radical (unpaired) electrons. The molecule has 0 unspecified atom stereocenters. The standard InChI is InChI=1S/C21H17N5O5S/c1-22-20(28)17-12-15(10-11-23-17)32-14-8-6-13(7-9-14)24-21(29)25-19(27)16-4-2-3-5-18(16)26(30)31/h2-12H,1H3,(H,22,28)(H2,24,25,27,29). The first-order valence-corrected chi connectivity index (χ1v) is 10.0. The van der Waals surface area contributed by atoms with Crippen molar-refractivity contribution in [2.24, 2.45) is 0 Å². The normalized spacial score (nSPS) is 10.2. The number of pyridine rings is 1. The molecule has 4 amide bonds. The molecule has 32 heavy (non-hydrogen) atoms. The summed E-state index contributed by atoms with van der Waals surface area (Å²) in [6, 6.07) is 14.7. The maximum atomic E-state index is 12.2. The Morgan fingerprint density at radius 3 is 2.38 bits per heavy atom. The fraction of sp³-hybridized carbons (Fsp3) is 0.0476. The summed E-state index contributed by atoms with van der Waals surface area (Å²) in [5.41, 5.74) is 0.113. The Morgan fingerprint density at radius 2 is 1.69 bits per heavy atom. The lowest BCUT2D eigenvalue weighted by Crippen LogP contribution is -2.34. The molecule has 1 heterocycles. The Hall–Kier alpha value is -4.25. The van der Waals surface area contributed by atoms with E-state index in [0.717, 1.165) is 9.79 Å².